The average Bonchev–Trinajstić information content (AvgIpc) is 2.90. The molecule has 0 spiro atoms. The van der Waals surface area contributed by atoms with Crippen LogP contribution in [0.5, 0.6) is 5.75 Å². The van der Waals surface area contributed by atoms with Gasteiger partial charge in [-0.25, -0.2) is 4.98 Å². The number of imidazole rings is 1. The predicted octanol–water partition coefficient (Wildman–Crippen LogP) is 1.35. The number of phenolic OH excluding ortho intramolecular Hbond substituents is 1. The van der Waals surface area contributed by atoms with Crippen LogP contribution in [0.3, 0.4) is 0 Å². The van der Waals surface area contributed by atoms with E-state index in [2.05, 4.69) is 14.9 Å². The van der Waals surface area contributed by atoms with Crippen molar-refractivity contribution < 1.29 is 5.11 Å². The summed E-state index contributed by atoms with van der Waals surface area (Å²) in [5.74, 6) is 0.985. The van der Waals surface area contributed by atoms with Crippen LogP contribution in [0.4, 0.5) is 0 Å². The predicted molar refractivity (Wildman–Crippen MR) is 62.4 cm³/mol. The molecule has 4 heteroatoms. The molecule has 1 unspecified atom stereocenters. The molecule has 0 amide bonds. The maximum Gasteiger partial charge on any atom is 0.117 e. The number of benzene rings is 1. The van der Waals surface area contributed by atoms with Gasteiger partial charge >= 0.3 is 0 Å². The fraction of sp³-hybridized carbons (Fsp3) is 0.417. The second kappa shape index (κ2) is 3.79. The zero-order valence-electron chi connectivity index (χ0n) is 9.06. The van der Waals surface area contributed by atoms with E-state index in [4.69, 9.17) is 0 Å². The highest BCUT2D eigenvalue weighted by molar-refractivity contribution is 5.76. The molecule has 0 radical (unpaired) electrons. The fourth-order valence-corrected chi connectivity index (χ4v) is 2.34. The van der Waals surface area contributed by atoms with Gasteiger partial charge in [0.1, 0.15) is 5.75 Å². The summed E-state index contributed by atoms with van der Waals surface area (Å²) < 4.78 is 2.13. The largest absolute Gasteiger partial charge is 0.508 e. The minimum atomic E-state index is 0.304. The van der Waals surface area contributed by atoms with Gasteiger partial charge in [0, 0.05) is 12.6 Å². The van der Waals surface area contributed by atoms with E-state index in [-0.39, 0.29) is 0 Å². The minimum Gasteiger partial charge on any atom is -0.508 e. The molecule has 4 nitrogen and oxygen atoms in total. The lowest BCUT2D eigenvalue weighted by Gasteiger charge is -2.09. The standard InChI is InChI=1S/C12H15N3O/c16-10-1-2-11-12(5-10)15(8-14-11)7-9-3-4-13-6-9/h1-2,5,8-9,13,16H,3-4,6-7H2. The van der Waals surface area contributed by atoms with Crippen molar-refractivity contribution in [2.45, 2.75) is 13.0 Å². The number of nitrogens with zero attached hydrogens (tertiary/aromatic N) is 2. The monoisotopic (exact) mass is 217 g/mol. The maximum atomic E-state index is 9.48. The SMILES string of the molecule is Oc1ccc2ncn(CC3CCNC3)c2c1. The van der Waals surface area contributed by atoms with Gasteiger partial charge in [-0.1, -0.05) is 0 Å². The number of aromatic hydroxyl groups is 1. The molecule has 1 aromatic heterocycles. The van der Waals surface area contributed by atoms with Gasteiger partial charge in [0.25, 0.3) is 0 Å². The zero-order chi connectivity index (χ0) is 11.0. The van der Waals surface area contributed by atoms with Gasteiger partial charge in [0.05, 0.1) is 17.4 Å². The summed E-state index contributed by atoms with van der Waals surface area (Å²) >= 11 is 0. The van der Waals surface area contributed by atoms with E-state index < -0.39 is 0 Å². The number of nitrogens with one attached hydrogen (secondary N) is 1. The van der Waals surface area contributed by atoms with Crippen molar-refractivity contribution >= 4 is 11.0 Å². The first kappa shape index (κ1) is 9.66. The first-order chi connectivity index (χ1) is 7.83. The van der Waals surface area contributed by atoms with Crippen molar-refractivity contribution in [3.8, 4) is 5.75 Å². The minimum absolute atomic E-state index is 0.304. The van der Waals surface area contributed by atoms with Crippen LogP contribution >= 0.6 is 0 Å². The summed E-state index contributed by atoms with van der Waals surface area (Å²) in [6, 6.07) is 5.32. The number of hydrogen-bond acceptors (Lipinski definition) is 3. The third-order valence-corrected chi connectivity index (χ3v) is 3.22. The number of phenols is 1. The van der Waals surface area contributed by atoms with Crippen molar-refractivity contribution in [1.29, 1.82) is 0 Å². The first-order valence-corrected chi connectivity index (χ1v) is 5.67. The molecule has 0 aliphatic carbocycles. The second-order valence-electron chi connectivity index (χ2n) is 4.43. The molecular formula is C12H15N3O. The van der Waals surface area contributed by atoms with Gasteiger partial charge in [-0.05, 0) is 37.6 Å². The lowest BCUT2D eigenvalue weighted by Crippen LogP contribution is -2.13. The Morgan fingerprint density at radius 1 is 1.50 bits per heavy atom. The second-order valence-corrected chi connectivity index (χ2v) is 4.43. The van der Waals surface area contributed by atoms with Gasteiger partial charge < -0.3 is 15.0 Å². The summed E-state index contributed by atoms with van der Waals surface area (Å²) in [6.45, 7) is 3.17. The fourth-order valence-electron chi connectivity index (χ4n) is 2.34. The topological polar surface area (TPSA) is 50.1 Å². The molecule has 84 valence electrons. The summed E-state index contributed by atoms with van der Waals surface area (Å²) in [5.41, 5.74) is 1.97. The van der Waals surface area contributed by atoms with E-state index in [0.29, 0.717) is 11.7 Å². The Labute approximate surface area is 93.9 Å². The lowest BCUT2D eigenvalue weighted by atomic mass is 10.1. The van der Waals surface area contributed by atoms with Crippen LogP contribution in [0.25, 0.3) is 11.0 Å². The van der Waals surface area contributed by atoms with Crippen molar-refractivity contribution in [2.75, 3.05) is 13.1 Å². The molecule has 2 aromatic rings. The number of hydrogen-bond donors (Lipinski definition) is 2. The molecule has 0 saturated carbocycles. The molecular weight excluding hydrogens is 202 g/mol. The van der Waals surface area contributed by atoms with Crippen LogP contribution < -0.4 is 5.32 Å². The van der Waals surface area contributed by atoms with Crippen LogP contribution in [-0.4, -0.2) is 27.7 Å². The van der Waals surface area contributed by atoms with Crippen molar-refractivity contribution in [2.24, 2.45) is 5.92 Å². The lowest BCUT2D eigenvalue weighted by molar-refractivity contribution is 0.473. The molecule has 1 aliphatic heterocycles. The molecule has 16 heavy (non-hydrogen) atoms. The molecule has 0 bridgehead atoms. The summed E-state index contributed by atoms with van der Waals surface area (Å²) in [5, 5.41) is 12.8. The highest BCUT2D eigenvalue weighted by Gasteiger charge is 2.15. The summed E-state index contributed by atoms with van der Waals surface area (Å²) in [7, 11) is 0. The van der Waals surface area contributed by atoms with Gasteiger partial charge in [0.2, 0.25) is 0 Å². The molecule has 2 N–H and O–H groups in total. The van der Waals surface area contributed by atoms with Gasteiger partial charge in [-0.3, -0.25) is 0 Å². The maximum absolute atomic E-state index is 9.48. The van der Waals surface area contributed by atoms with Crippen LogP contribution in [0.1, 0.15) is 6.42 Å². The number of rotatable bonds is 2. The van der Waals surface area contributed by atoms with Crippen LogP contribution in [-0.2, 0) is 6.54 Å². The van der Waals surface area contributed by atoms with Gasteiger partial charge in [-0.15, -0.1) is 0 Å². The Hall–Kier alpha value is -1.55. The Morgan fingerprint density at radius 3 is 3.25 bits per heavy atom. The molecule has 1 aromatic carbocycles. The molecule has 2 heterocycles. The zero-order valence-corrected chi connectivity index (χ0v) is 9.06. The Balaban J connectivity index is 1.93. The summed E-state index contributed by atoms with van der Waals surface area (Å²) in [6.07, 6.45) is 3.08. The summed E-state index contributed by atoms with van der Waals surface area (Å²) in [4.78, 5) is 4.33. The van der Waals surface area contributed by atoms with Crippen LogP contribution in [0, 0.1) is 5.92 Å². The highest BCUT2D eigenvalue weighted by Crippen LogP contribution is 2.21. The van der Waals surface area contributed by atoms with Gasteiger partial charge in [-0.2, -0.15) is 0 Å². The van der Waals surface area contributed by atoms with E-state index in [0.717, 1.165) is 30.7 Å². The molecule has 1 aliphatic rings. The molecule has 1 atom stereocenters. The Kier molecular flexibility index (Phi) is 2.29. The third-order valence-electron chi connectivity index (χ3n) is 3.22. The average molecular weight is 217 g/mol. The highest BCUT2D eigenvalue weighted by atomic mass is 16.3. The number of aromatic nitrogens is 2. The van der Waals surface area contributed by atoms with Crippen LogP contribution in [0.15, 0.2) is 24.5 Å². The molecule has 1 fully saturated rings. The van der Waals surface area contributed by atoms with Crippen LogP contribution in [0.2, 0.25) is 0 Å². The van der Waals surface area contributed by atoms with Crippen molar-refractivity contribution in [1.82, 2.24) is 14.9 Å². The molecule has 1 saturated heterocycles. The van der Waals surface area contributed by atoms with E-state index in [1.807, 2.05) is 12.4 Å². The smallest absolute Gasteiger partial charge is 0.117 e. The van der Waals surface area contributed by atoms with Gasteiger partial charge in [0.15, 0.2) is 0 Å². The van der Waals surface area contributed by atoms with E-state index in [1.165, 1.54) is 6.42 Å². The van der Waals surface area contributed by atoms with Crippen molar-refractivity contribution in [3.05, 3.63) is 24.5 Å². The Bertz CT molecular complexity index is 500. The normalized spacial score (nSPS) is 20.6. The van der Waals surface area contributed by atoms with Crippen molar-refractivity contribution in [3.63, 3.8) is 0 Å². The van der Waals surface area contributed by atoms with E-state index >= 15 is 0 Å². The number of fused-ring (bicyclic) bond motifs is 1. The van der Waals surface area contributed by atoms with E-state index in [9.17, 15) is 5.11 Å². The first-order valence-electron chi connectivity index (χ1n) is 5.67. The quantitative estimate of drug-likeness (QED) is 0.798. The Morgan fingerprint density at radius 2 is 2.44 bits per heavy atom. The van der Waals surface area contributed by atoms with E-state index in [1.54, 1.807) is 12.1 Å². The third kappa shape index (κ3) is 1.65. The molecule has 3 rings (SSSR count).